The molecule has 0 fully saturated rings. The zero-order valence-electron chi connectivity index (χ0n) is 5.95. The average Bonchev–Trinajstić information content (AvgIpc) is 1.90. The highest BCUT2D eigenvalue weighted by molar-refractivity contribution is 5.72. The summed E-state index contributed by atoms with van der Waals surface area (Å²) in [4.78, 5) is 11.7. The molecule has 58 valence electrons. The van der Waals surface area contributed by atoms with E-state index in [0.29, 0.717) is 6.54 Å². The Hall–Kier alpha value is -1.03. The lowest BCUT2D eigenvalue weighted by Crippen LogP contribution is -2.44. The van der Waals surface area contributed by atoms with Gasteiger partial charge < -0.3 is 15.7 Å². The summed E-state index contributed by atoms with van der Waals surface area (Å²) in [7, 11) is 0. The molecule has 0 saturated carbocycles. The fourth-order valence-corrected chi connectivity index (χ4v) is 0.581. The summed E-state index contributed by atoms with van der Waals surface area (Å²) in [6.07, 6.45) is 0.446. The van der Waals surface area contributed by atoms with Gasteiger partial charge in [-0.15, -0.1) is 0 Å². The van der Waals surface area contributed by atoms with Crippen LogP contribution in [0.2, 0.25) is 0 Å². The number of carboxylic acid groups (broad SMARTS) is 1. The van der Waals surface area contributed by atoms with E-state index in [1.54, 1.807) is 0 Å². The molecule has 4 heteroatoms. The molecule has 0 aromatic carbocycles. The smallest absolute Gasteiger partial charge is 0.341 e. The van der Waals surface area contributed by atoms with E-state index in [-0.39, 0.29) is 0 Å². The third kappa shape index (κ3) is 2.06. The molecule has 0 radical (unpaired) electrons. The van der Waals surface area contributed by atoms with E-state index < -0.39 is 12.1 Å². The number of likely N-dealkylation sites (N-methyl/N-ethyl adjacent to an activating group) is 1. The number of nitrogens with two attached hydrogens (primary N) is 1. The van der Waals surface area contributed by atoms with Crippen molar-refractivity contribution in [2.24, 2.45) is 5.73 Å². The van der Waals surface area contributed by atoms with E-state index in [4.69, 9.17) is 10.8 Å². The van der Waals surface area contributed by atoms with Crippen molar-refractivity contribution in [1.82, 2.24) is 4.90 Å². The molecule has 0 aromatic rings. The van der Waals surface area contributed by atoms with Gasteiger partial charge in [-0.25, -0.2) is 4.79 Å². The van der Waals surface area contributed by atoms with Gasteiger partial charge in [-0.05, 0) is 13.1 Å². The summed E-state index contributed by atoms with van der Waals surface area (Å²) in [5.41, 5.74) is 5.24. The molecule has 10 heavy (non-hydrogen) atoms. The predicted octanol–water partition coefficient (Wildman–Crippen LogP) is -0.179. The van der Waals surface area contributed by atoms with Gasteiger partial charge in [0.05, 0.1) is 0 Å². The van der Waals surface area contributed by atoms with E-state index in [0.717, 1.165) is 0 Å². The van der Waals surface area contributed by atoms with Gasteiger partial charge >= 0.3 is 5.97 Å². The van der Waals surface area contributed by atoms with E-state index in [1.807, 2.05) is 6.92 Å². The molecule has 0 aromatic heterocycles. The van der Waals surface area contributed by atoms with Crippen LogP contribution in [0.15, 0.2) is 12.8 Å². The Morgan fingerprint density at radius 3 is 2.60 bits per heavy atom. The van der Waals surface area contributed by atoms with Gasteiger partial charge in [-0.2, -0.15) is 0 Å². The van der Waals surface area contributed by atoms with Crippen LogP contribution in [0, 0.1) is 0 Å². The minimum absolute atomic E-state index is 0.553. The lowest BCUT2D eigenvalue weighted by Gasteiger charge is -2.21. The van der Waals surface area contributed by atoms with Gasteiger partial charge in [0.2, 0.25) is 0 Å². The fraction of sp³-hybridized carbons (Fsp3) is 0.500. The van der Waals surface area contributed by atoms with Crippen molar-refractivity contribution in [2.75, 3.05) is 6.54 Å². The average molecular weight is 144 g/mol. The second kappa shape index (κ2) is 3.90. The SMILES string of the molecule is C=CN(CC)C(N)C(=O)O. The molecule has 0 heterocycles. The number of hydrogen-bond donors (Lipinski definition) is 2. The van der Waals surface area contributed by atoms with Crippen LogP contribution in [0.5, 0.6) is 0 Å². The molecular formula is C6H12N2O2. The zero-order chi connectivity index (χ0) is 8.15. The van der Waals surface area contributed by atoms with Crippen LogP contribution in [0.1, 0.15) is 6.92 Å². The van der Waals surface area contributed by atoms with E-state index in [1.165, 1.54) is 11.1 Å². The zero-order valence-corrected chi connectivity index (χ0v) is 5.95. The Morgan fingerprint density at radius 2 is 2.50 bits per heavy atom. The Bertz CT molecular complexity index is 136. The van der Waals surface area contributed by atoms with Gasteiger partial charge in [-0.3, -0.25) is 0 Å². The van der Waals surface area contributed by atoms with Crippen molar-refractivity contribution < 1.29 is 9.90 Å². The molecule has 0 aliphatic heterocycles. The molecule has 3 N–H and O–H groups in total. The van der Waals surface area contributed by atoms with Gasteiger partial charge in [0, 0.05) is 6.54 Å². The molecule has 1 atom stereocenters. The van der Waals surface area contributed by atoms with Crippen LogP contribution in [0.4, 0.5) is 0 Å². The maximum atomic E-state index is 10.2. The molecule has 0 rings (SSSR count). The summed E-state index contributed by atoms with van der Waals surface area (Å²) >= 11 is 0. The van der Waals surface area contributed by atoms with Crippen LogP contribution < -0.4 is 5.73 Å². The summed E-state index contributed by atoms with van der Waals surface area (Å²) in [6, 6.07) is 0. The van der Waals surface area contributed by atoms with Crippen LogP contribution in [0.3, 0.4) is 0 Å². The van der Waals surface area contributed by atoms with Crippen LogP contribution >= 0.6 is 0 Å². The van der Waals surface area contributed by atoms with Gasteiger partial charge in [0.1, 0.15) is 0 Å². The fourth-order valence-electron chi connectivity index (χ4n) is 0.581. The molecule has 0 aliphatic rings. The second-order valence-electron chi connectivity index (χ2n) is 1.80. The molecule has 0 amide bonds. The lowest BCUT2D eigenvalue weighted by atomic mass is 10.4. The van der Waals surface area contributed by atoms with Crippen molar-refractivity contribution in [3.8, 4) is 0 Å². The third-order valence-electron chi connectivity index (χ3n) is 1.21. The van der Waals surface area contributed by atoms with Gasteiger partial charge in [-0.1, -0.05) is 6.58 Å². The maximum Gasteiger partial charge on any atom is 0.341 e. The Morgan fingerprint density at radius 1 is 2.00 bits per heavy atom. The first kappa shape index (κ1) is 8.97. The maximum absolute atomic E-state index is 10.2. The highest BCUT2D eigenvalue weighted by atomic mass is 16.4. The molecule has 1 unspecified atom stereocenters. The molecule has 4 nitrogen and oxygen atoms in total. The molecule has 0 saturated heterocycles. The number of hydrogen-bond acceptors (Lipinski definition) is 3. The highest BCUT2D eigenvalue weighted by Crippen LogP contribution is 1.92. The van der Waals surface area contributed by atoms with E-state index in [2.05, 4.69) is 6.58 Å². The summed E-state index contributed by atoms with van der Waals surface area (Å²) in [5.74, 6) is -1.04. The first-order valence-corrected chi connectivity index (χ1v) is 3.00. The van der Waals surface area contributed by atoms with Crippen molar-refractivity contribution in [1.29, 1.82) is 0 Å². The van der Waals surface area contributed by atoms with Gasteiger partial charge in [0.25, 0.3) is 0 Å². The lowest BCUT2D eigenvalue weighted by molar-refractivity contribution is -0.142. The van der Waals surface area contributed by atoms with Crippen molar-refractivity contribution >= 4 is 5.97 Å². The van der Waals surface area contributed by atoms with E-state index >= 15 is 0 Å². The predicted molar refractivity (Wildman–Crippen MR) is 38.2 cm³/mol. The first-order valence-electron chi connectivity index (χ1n) is 3.00. The third-order valence-corrected chi connectivity index (χ3v) is 1.21. The summed E-state index contributed by atoms with van der Waals surface area (Å²) < 4.78 is 0. The van der Waals surface area contributed by atoms with E-state index in [9.17, 15) is 4.79 Å². The number of nitrogens with zero attached hydrogens (tertiary/aromatic N) is 1. The largest absolute Gasteiger partial charge is 0.479 e. The van der Waals surface area contributed by atoms with Crippen molar-refractivity contribution in [2.45, 2.75) is 13.1 Å². The first-order chi connectivity index (χ1) is 4.63. The minimum Gasteiger partial charge on any atom is -0.479 e. The van der Waals surface area contributed by atoms with Crippen molar-refractivity contribution in [3.63, 3.8) is 0 Å². The number of carbonyl (C=O) groups is 1. The van der Waals surface area contributed by atoms with Crippen LogP contribution in [-0.2, 0) is 4.79 Å². The van der Waals surface area contributed by atoms with Gasteiger partial charge in [0.15, 0.2) is 6.17 Å². The molecule has 0 spiro atoms. The topological polar surface area (TPSA) is 66.6 Å². The highest BCUT2D eigenvalue weighted by Gasteiger charge is 2.15. The monoisotopic (exact) mass is 144 g/mol. The molecule has 0 bridgehead atoms. The Balaban J connectivity index is 4.00. The molecule has 0 aliphatic carbocycles. The Labute approximate surface area is 59.9 Å². The normalized spacial score (nSPS) is 12.2. The molecular weight excluding hydrogens is 132 g/mol. The summed E-state index contributed by atoms with van der Waals surface area (Å²) in [5, 5.41) is 8.40. The number of carboxylic acids is 1. The quantitative estimate of drug-likeness (QED) is 0.537. The van der Waals surface area contributed by atoms with Crippen LogP contribution in [0.25, 0.3) is 0 Å². The van der Waals surface area contributed by atoms with Crippen LogP contribution in [-0.4, -0.2) is 28.7 Å². The summed E-state index contributed by atoms with van der Waals surface area (Å²) in [6.45, 7) is 5.78. The number of aliphatic carboxylic acids is 1. The Kier molecular flexibility index (Phi) is 3.49. The standard InChI is InChI=1S/C6H12N2O2/c1-3-8(4-2)5(7)6(9)10/h3,5H,1,4,7H2,2H3,(H,9,10). The number of rotatable bonds is 4. The van der Waals surface area contributed by atoms with Crippen molar-refractivity contribution in [3.05, 3.63) is 12.8 Å². The second-order valence-corrected chi connectivity index (χ2v) is 1.80. The minimum atomic E-state index is -1.04.